The zero-order valence-corrected chi connectivity index (χ0v) is 17.3. The normalized spacial score (nSPS) is 15.6. The minimum absolute atomic E-state index is 0.0249. The minimum atomic E-state index is -0.582. The van der Waals surface area contributed by atoms with Crippen molar-refractivity contribution in [3.63, 3.8) is 0 Å². The van der Waals surface area contributed by atoms with E-state index in [1.165, 1.54) is 17.1 Å². The third-order valence-corrected chi connectivity index (χ3v) is 5.52. The number of carbonyl (C=O) groups excluding carboxylic acids is 1. The van der Waals surface area contributed by atoms with Crippen LogP contribution in [0.1, 0.15) is 33.9 Å². The largest absolute Gasteiger partial charge is 0.496 e. The van der Waals surface area contributed by atoms with Gasteiger partial charge in [0.15, 0.2) is 0 Å². The molecule has 0 aliphatic carbocycles. The molecule has 7 heteroatoms. The van der Waals surface area contributed by atoms with Crippen molar-refractivity contribution < 1.29 is 13.9 Å². The van der Waals surface area contributed by atoms with Gasteiger partial charge in [0.2, 0.25) is 0 Å². The Hall–Kier alpha value is -4.13. The van der Waals surface area contributed by atoms with Gasteiger partial charge in [-0.15, -0.1) is 0 Å². The number of amides is 1. The SMILES string of the molecule is COc1ccccc1C1=NN(C(=O)c2ccccc2F)C(c2ccc3nccnc3c2)C1. The van der Waals surface area contributed by atoms with Crippen LogP contribution in [-0.2, 0) is 0 Å². The Morgan fingerprint density at radius 2 is 1.75 bits per heavy atom. The Morgan fingerprint density at radius 1 is 1.00 bits per heavy atom. The Kier molecular flexibility index (Phi) is 5.07. The van der Waals surface area contributed by atoms with E-state index < -0.39 is 17.8 Å². The molecule has 1 atom stereocenters. The number of fused-ring (bicyclic) bond motifs is 1. The number of halogens is 1. The summed E-state index contributed by atoms with van der Waals surface area (Å²) >= 11 is 0. The van der Waals surface area contributed by atoms with Crippen LogP contribution in [-0.4, -0.2) is 33.7 Å². The molecule has 0 radical (unpaired) electrons. The lowest BCUT2D eigenvalue weighted by Gasteiger charge is -2.22. The predicted octanol–water partition coefficient (Wildman–Crippen LogP) is 4.77. The van der Waals surface area contributed by atoms with Crippen LogP contribution in [0.15, 0.2) is 84.2 Å². The van der Waals surface area contributed by atoms with Gasteiger partial charge in [0.25, 0.3) is 5.91 Å². The number of benzene rings is 3. The minimum Gasteiger partial charge on any atom is -0.496 e. The van der Waals surface area contributed by atoms with Gasteiger partial charge in [-0.3, -0.25) is 14.8 Å². The number of para-hydroxylation sites is 1. The van der Waals surface area contributed by atoms with Gasteiger partial charge in [-0.2, -0.15) is 5.10 Å². The average molecular weight is 426 g/mol. The number of aromatic nitrogens is 2. The van der Waals surface area contributed by atoms with Gasteiger partial charge in [0, 0.05) is 24.4 Å². The molecule has 1 amide bonds. The van der Waals surface area contributed by atoms with Crippen molar-refractivity contribution in [2.45, 2.75) is 12.5 Å². The van der Waals surface area contributed by atoms with E-state index >= 15 is 0 Å². The summed E-state index contributed by atoms with van der Waals surface area (Å²) in [5, 5.41) is 6.00. The maximum Gasteiger partial charge on any atom is 0.277 e. The van der Waals surface area contributed by atoms with Crippen molar-refractivity contribution >= 4 is 22.7 Å². The molecular formula is C25H19FN4O2. The van der Waals surface area contributed by atoms with Crippen LogP contribution >= 0.6 is 0 Å². The van der Waals surface area contributed by atoms with Crippen LogP contribution in [0.2, 0.25) is 0 Å². The number of hydrogen-bond donors (Lipinski definition) is 0. The molecule has 1 unspecified atom stereocenters. The van der Waals surface area contributed by atoms with Gasteiger partial charge in [-0.25, -0.2) is 9.40 Å². The second-order valence-corrected chi connectivity index (χ2v) is 7.40. The van der Waals surface area contributed by atoms with Crippen LogP contribution < -0.4 is 4.74 Å². The van der Waals surface area contributed by atoms with Gasteiger partial charge in [-0.1, -0.05) is 30.3 Å². The Labute approximate surface area is 184 Å². The number of hydrazone groups is 1. The fraction of sp³-hybridized carbons (Fsp3) is 0.120. The first-order valence-electron chi connectivity index (χ1n) is 10.2. The van der Waals surface area contributed by atoms with E-state index in [2.05, 4.69) is 15.1 Å². The van der Waals surface area contributed by atoms with Crippen molar-refractivity contribution in [1.82, 2.24) is 15.0 Å². The van der Waals surface area contributed by atoms with E-state index in [1.54, 1.807) is 31.6 Å². The highest BCUT2D eigenvalue weighted by Gasteiger charge is 2.35. The maximum absolute atomic E-state index is 14.4. The highest BCUT2D eigenvalue weighted by atomic mass is 19.1. The number of nitrogens with zero attached hydrogens (tertiary/aromatic N) is 4. The quantitative estimate of drug-likeness (QED) is 0.472. The molecule has 4 aromatic rings. The third-order valence-electron chi connectivity index (χ3n) is 5.52. The van der Waals surface area contributed by atoms with E-state index in [1.807, 2.05) is 42.5 Å². The molecule has 2 heterocycles. The van der Waals surface area contributed by atoms with E-state index in [-0.39, 0.29) is 5.56 Å². The van der Waals surface area contributed by atoms with Crippen molar-refractivity contribution in [2.24, 2.45) is 5.10 Å². The first-order chi connectivity index (χ1) is 15.7. The molecule has 1 aliphatic heterocycles. The summed E-state index contributed by atoms with van der Waals surface area (Å²) in [6, 6.07) is 18.7. The molecule has 6 nitrogen and oxygen atoms in total. The van der Waals surface area contributed by atoms with Gasteiger partial charge < -0.3 is 4.74 Å². The molecule has 3 aromatic carbocycles. The highest BCUT2D eigenvalue weighted by Crippen LogP contribution is 2.36. The molecule has 0 bridgehead atoms. The molecule has 0 saturated heterocycles. The molecule has 0 fully saturated rings. The third kappa shape index (κ3) is 3.47. The second kappa shape index (κ2) is 8.19. The summed E-state index contributed by atoms with van der Waals surface area (Å²) < 4.78 is 19.9. The topological polar surface area (TPSA) is 67.7 Å². The monoisotopic (exact) mass is 426 g/mol. The zero-order chi connectivity index (χ0) is 22.1. The summed E-state index contributed by atoms with van der Waals surface area (Å²) in [6.45, 7) is 0. The van der Waals surface area contributed by atoms with Crippen molar-refractivity contribution in [1.29, 1.82) is 0 Å². The van der Waals surface area contributed by atoms with Gasteiger partial charge >= 0.3 is 0 Å². The number of methoxy groups -OCH3 is 1. The lowest BCUT2D eigenvalue weighted by molar-refractivity contribution is 0.0706. The molecule has 1 aromatic heterocycles. The zero-order valence-electron chi connectivity index (χ0n) is 17.3. The molecule has 0 saturated carbocycles. The molecule has 5 rings (SSSR count). The van der Waals surface area contributed by atoms with Crippen molar-refractivity contribution in [2.75, 3.05) is 7.11 Å². The van der Waals surface area contributed by atoms with Crippen molar-refractivity contribution in [3.8, 4) is 5.75 Å². The molecule has 0 N–H and O–H groups in total. The molecular weight excluding hydrogens is 407 g/mol. The van der Waals surface area contributed by atoms with Crippen LogP contribution in [0.5, 0.6) is 5.75 Å². The molecule has 32 heavy (non-hydrogen) atoms. The summed E-state index contributed by atoms with van der Waals surface area (Å²) in [5.74, 6) is -0.423. The molecule has 158 valence electrons. The van der Waals surface area contributed by atoms with Crippen molar-refractivity contribution in [3.05, 3.63) is 102 Å². The maximum atomic E-state index is 14.4. The predicted molar refractivity (Wildman–Crippen MR) is 119 cm³/mol. The van der Waals surface area contributed by atoms with E-state index in [4.69, 9.17) is 4.74 Å². The first-order valence-corrected chi connectivity index (χ1v) is 10.2. The fourth-order valence-electron chi connectivity index (χ4n) is 3.95. The Bertz CT molecular complexity index is 1350. The van der Waals surface area contributed by atoms with E-state index in [0.717, 1.165) is 16.6 Å². The van der Waals surface area contributed by atoms with E-state index in [0.29, 0.717) is 23.4 Å². The number of rotatable bonds is 4. The number of ether oxygens (including phenoxy) is 1. The standard InChI is InChI=1S/C25H19FN4O2/c1-32-24-9-5-3-7-18(24)21-15-23(16-10-11-20-22(14-16)28-13-12-27-20)30(29-21)25(31)17-6-2-4-8-19(17)26/h2-14,23H,15H2,1H3. The molecule has 0 spiro atoms. The Morgan fingerprint density at radius 3 is 2.56 bits per heavy atom. The summed E-state index contributed by atoms with van der Waals surface area (Å²) in [7, 11) is 1.59. The van der Waals surface area contributed by atoms with Gasteiger partial charge in [-0.05, 0) is 42.0 Å². The Balaban J connectivity index is 1.61. The summed E-state index contributed by atoms with van der Waals surface area (Å²) in [6.07, 6.45) is 3.71. The average Bonchev–Trinajstić information content (AvgIpc) is 3.29. The highest BCUT2D eigenvalue weighted by molar-refractivity contribution is 6.06. The van der Waals surface area contributed by atoms with Crippen LogP contribution in [0.4, 0.5) is 4.39 Å². The van der Waals surface area contributed by atoms with Gasteiger partial charge in [0.1, 0.15) is 11.6 Å². The summed E-state index contributed by atoms with van der Waals surface area (Å²) in [5.41, 5.74) is 3.78. The van der Waals surface area contributed by atoms with Crippen LogP contribution in [0, 0.1) is 5.82 Å². The smallest absolute Gasteiger partial charge is 0.277 e. The summed E-state index contributed by atoms with van der Waals surface area (Å²) in [4.78, 5) is 22.1. The van der Waals surface area contributed by atoms with E-state index in [9.17, 15) is 9.18 Å². The fourth-order valence-corrected chi connectivity index (χ4v) is 3.95. The number of hydrogen-bond acceptors (Lipinski definition) is 5. The van der Waals surface area contributed by atoms with Gasteiger partial charge in [0.05, 0.1) is 35.5 Å². The number of carbonyl (C=O) groups is 1. The van der Waals surface area contributed by atoms with Crippen LogP contribution in [0.25, 0.3) is 11.0 Å². The molecule has 1 aliphatic rings. The first kappa shape index (κ1) is 19.8. The second-order valence-electron chi connectivity index (χ2n) is 7.40. The lowest BCUT2D eigenvalue weighted by Crippen LogP contribution is -2.27. The van der Waals surface area contributed by atoms with Crippen LogP contribution in [0.3, 0.4) is 0 Å². The lowest BCUT2D eigenvalue weighted by atomic mass is 9.97.